The largest absolute Gasteiger partial charge is 0.380 e. The summed E-state index contributed by atoms with van der Waals surface area (Å²) in [6, 6.07) is 13.4. The van der Waals surface area contributed by atoms with Gasteiger partial charge in [0.2, 0.25) is 0 Å². The normalized spacial score (nSPS) is 23.8. The van der Waals surface area contributed by atoms with Crippen LogP contribution in [0.25, 0.3) is 0 Å². The van der Waals surface area contributed by atoms with Gasteiger partial charge in [-0.25, -0.2) is 5.48 Å². The number of para-hydroxylation sites is 1. The van der Waals surface area contributed by atoms with Crippen LogP contribution < -0.4 is 21.0 Å². The number of piperazine rings is 1. The van der Waals surface area contributed by atoms with Crippen LogP contribution in [0.1, 0.15) is 44.4 Å². The summed E-state index contributed by atoms with van der Waals surface area (Å²) in [5, 5.41) is 0. The van der Waals surface area contributed by atoms with Crippen LogP contribution in [0.15, 0.2) is 36.4 Å². The quantitative estimate of drug-likeness (QED) is 0.811. The molecule has 1 unspecified atom stereocenters. The Morgan fingerprint density at radius 1 is 1.00 bits per heavy atom. The highest BCUT2D eigenvalue weighted by Crippen LogP contribution is 2.48. The van der Waals surface area contributed by atoms with Gasteiger partial charge in [0.15, 0.2) is 5.75 Å². The van der Waals surface area contributed by atoms with Crippen molar-refractivity contribution >= 4 is 11.4 Å². The summed E-state index contributed by atoms with van der Waals surface area (Å²) in [4.78, 5) is 10.6. The Kier molecular flexibility index (Phi) is 4.53. The molecule has 2 aliphatic heterocycles. The van der Waals surface area contributed by atoms with E-state index in [2.05, 4.69) is 67.2 Å². The van der Waals surface area contributed by atoms with Gasteiger partial charge in [-0.3, -0.25) is 4.90 Å². The third-order valence-electron chi connectivity index (χ3n) is 7.70. The van der Waals surface area contributed by atoms with Gasteiger partial charge in [0.25, 0.3) is 0 Å². The average molecular weight is 407 g/mol. The van der Waals surface area contributed by atoms with Crippen molar-refractivity contribution in [2.45, 2.75) is 51.0 Å². The first-order chi connectivity index (χ1) is 14.3. The van der Waals surface area contributed by atoms with Crippen molar-refractivity contribution in [2.24, 2.45) is 5.73 Å². The fraction of sp³-hybridized carbons (Fsp3) is 0.520. The summed E-state index contributed by atoms with van der Waals surface area (Å²) >= 11 is 0. The SMILES string of the molecule is CC1(C)c2ccc(CCN3CCN(c4c5cccc4ON5)CC3)cc2C(C)(C)C1N. The topological polar surface area (TPSA) is 53.8 Å². The molecule has 1 atom stereocenters. The fourth-order valence-corrected chi connectivity index (χ4v) is 5.68. The van der Waals surface area contributed by atoms with Gasteiger partial charge in [-0.05, 0) is 35.2 Å². The van der Waals surface area contributed by atoms with E-state index in [1.165, 1.54) is 22.4 Å². The van der Waals surface area contributed by atoms with Crippen LogP contribution >= 0.6 is 0 Å². The molecule has 2 bridgehead atoms. The lowest BCUT2D eigenvalue weighted by Crippen LogP contribution is -2.47. The standard InChI is InChI=1S/C25H34N4O/c1-24(2)18-9-8-17(16-19(18)25(3,4)23(24)26)10-11-28-12-14-29(15-13-28)22-20-6-5-7-21(22)30-27-20/h5-9,16,23,27H,10-15,26H2,1-4H3. The number of fused-ring (bicyclic) bond motifs is 3. The maximum Gasteiger partial charge on any atom is 0.180 e. The minimum Gasteiger partial charge on any atom is -0.380 e. The Hall–Kier alpha value is -2.24. The molecule has 0 radical (unpaired) electrons. The lowest BCUT2D eigenvalue weighted by molar-refractivity contribution is 0.261. The van der Waals surface area contributed by atoms with E-state index in [9.17, 15) is 0 Å². The molecule has 160 valence electrons. The minimum atomic E-state index is 0.0218. The molecule has 5 heteroatoms. The predicted octanol–water partition coefficient (Wildman–Crippen LogP) is 3.67. The van der Waals surface area contributed by atoms with Crippen molar-refractivity contribution in [3.8, 4) is 5.75 Å². The van der Waals surface area contributed by atoms with E-state index in [-0.39, 0.29) is 16.9 Å². The third kappa shape index (κ3) is 2.98. The van der Waals surface area contributed by atoms with Gasteiger partial charge in [-0.15, -0.1) is 0 Å². The second-order valence-electron chi connectivity index (χ2n) is 10.2. The van der Waals surface area contributed by atoms with Gasteiger partial charge in [0.05, 0.1) is 5.69 Å². The molecule has 0 spiro atoms. The lowest BCUT2D eigenvalue weighted by Gasteiger charge is -2.36. The Labute approximate surface area is 180 Å². The Morgan fingerprint density at radius 3 is 2.47 bits per heavy atom. The number of hydrogen-bond donors (Lipinski definition) is 2. The molecule has 5 rings (SSSR count). The monoisotopic (exact) mass is 406 g/mol. The zero-order valence-corrected chi connectivity index (χ0v) is 18.7. The molecule has 1 fully saturated rings. The van der Waals surface area contributed by atoms with Crippen molar-refractivity contribution in [1.82, 2.24) is 4.90 Å². The Bertz CT molecular complexity index is 937. The molecule has 1 saturated heterocycles. The first-order valence-electron chi connectivity index (χ1n) is 11.2. The summed E-state index contributed by atoms with van der Waals surface area (Å²) in [5.41, 5.74) is 16.3. The molecular formula is C25H34N4O. The number of nitrogens with two attached hydrogens (primary N) is 1. The molecule has 3 aliphatic rings. The van der Waals surface area contributed by atoms with Crippen LogP contribution in [-0.4, -0.2) is 43.7 Å². The van der Waals surface area contributed by atoms with Crippen molar-refractivity contribution in [1.29, 1.82) is 0 Å². The summed E-state index contributed by atoms with van der Waals surface area (Å²) in [7, 11) is 0. The number of benzene rings is 2. The van der Waals surface area contributed by atoms with E-state index in [0.29, 0.717) is 0 Å². The molecule has 30 heavy (non-hydrogen) atoms. The molecule has 0 aromatic heterocycles. The summed E-state index contributed by atoms with van der Waals surface area (Å²) in [6.07, 6.45) is 1.09. The predicted molar refractivity (Wildman–Crippen MR) is 124 cm³/mol. The molecule has 0 amide bonds. The minimum absolute atomic E-state index is 0.0218. The average Bonchev–Trinajstić information content (AvgIpc) is 3.06. The van der Waals surface area contributed by atoms with Crippen LogP contribution in [0.5, 0.6) is 5.75 Å². The van der Waals surface area contributed by atoms with E-state index < -0.39 is 0 Å². The zero-order chi connectivity index (χ0) is 21.1. The van der Waals surface area contributed by atoms with Gasteiger partial charge in [0.1, 0.15) is 5.69 Å². The van der Waals surface area contributed by atoms with Gasteiger partial charge in [-0.1, -0.05) is 52.0 Å². The van der Waals surface area contributed by atoms with E-state index in [1.807, 2.05) is 12.1 Å². The fourth-order valence-electron chi connectivity index (χ4n) is 5.68. The third-order valence-corrected chi connectivity index (χ3v) is 7.70. The lowest BCUT2D eigenvalue weighted by atomic mass is 9.76. The number of nitrogens with zero attached hydrogens (tertiary/aromatic N) is 2. The highest BCUT2D eigenvalue weighted by atomic mass is 16.7. The van der Waals surface area contributed by atoms with Crippen LogP contribution in [0.2, 0.25) is 0 Å². The van der Waals surface area contributed by atoms with Crippen LogP contribution in [-0.2, 0) is 17.3 Å². The van der Waals surface area contributed by atoms with Gasteiger partial charge in [-0.2, -0.15) is 0 Å². The number of rotatable bonds is 4. The van der Waals surface area contributed by atoms with Crippen molar-refractivity contribution in [3.63, 3.8) is 0 Å². The van der Waals surface area contributed by atoms with Crippen LogP contribution in [0.3, 0.4) is 0 Å². The van der Waals surface area contributed by atoms with E-state index in [4.69, 9.17) is 10.6 Å². The second kappa shape index (κ2) is 6.89. The van der Waals surface area contributed by atoms with Gasteiger partial charge >= 0.3 is 0 Å². The maximum absolute atomic E-state index is 6.64. The Balaban J connectivity index is 1.22. The van der Waals surface area contributed by atoms with Crippen LogP contribution in [0.4, 0.5) is 11.4 Å². The van der Waals surface area contributed by atoms with Crippen LogP contribution in [0, 0.1) is 0 Å². The first kappa shape index (κ1) is 19.7. The zero-order valence-electron chi connectivity index (χ0n) is 18.7. The summed E-state index contributed by atoms with van der Waals surface area (Å²) in [6.45, 7) is 14.5. The van der Waals surface area contributed by atoms with E-state index >= 15 is 0 Å². The summed E-state index contributed by atoms with van der Waals surface area (Å²) in [5.74, 6) is 0.947. The molecule has 5 nitrogen and oxygen atoms in total. The highest BCUT2D eigenvalue weighted by Gasteiger charge is 2.49. The first-order valence-corrected chi connectivity index (χ1v) is 11.2. The van der Waals surface area contributed by atoms with Crippen molar-refractivity contribution < 1.29 is 4.84 Å². The molecule has 1 aliphatic carbocycles. The molecule has 2 aromatic rings. The van der Waals surface area contributed by atoms with Crippen molar-refractivity contribution in [3.05, 3.63) is 53.1 Å². The Morgan fingerprint density at radius 2 is 1.73 bits per heavy atom. The maximum atomic E-state index is 6.64. The molecule has 0 saturated carbocycles. The number of anilines is 2. The number of nitrogens with one attached hydrogen (secondary N) is 1. The van der Waals surface area contributed by atoms with Crippen molar-refractivity contribution in [2.75, 3.05) is 43.1 Å². The number of hydrogen-bond acceptors (Lipinski definition) is 5. The molecule has 2 aromatic carbocycles. The van der Waals surface area contributed by atoms with E-state index in [1.54, 1.807) is 0 Å². The highest BCUT2D eigenvalue weighted by molar-refractivity contribution is 5.79. The summed E-state index contributed by atoms with van der Waals surface area (Å²) < 4.78 is 0. The van der Waals surface area contributed by atoms with E-state index in [0.717, 1.165) is 50.6 Å². The molecule has 2 heterocycles. The molecular weight excluding hydrogens is 372 g/mol. The van der Waals surface area contributed by atoms with Gasteiger partial charge < -0.3 is 15.5 Å². The van der Waals surface area contributed by atoms with Gasteiger partial charge in [0, 0.05) is 49.6 Å². The smallest absolute Gasteiger partial charge is 0.180 e. The second-order valence-corrected chi connectivity index (χ2v) is 10.2. The molecule has 3 N–H and O–H groups in total.